The topological polar surface area (TPSA) is 66.8 Å². The Labute approximate surface area is 157 Å². The van der Waals surface area contributed by atoms with Gasteiger partial charge in [-0.25, -0.2) is 15.0 Å². The molecule has 6 nitrogen and oxygen atoms in total. The predicted molar refractivity (Wildman–Crippen MR) is 104 cm³/mol. The van der Waals surface area contributed by atoms with Gasteiger partial charge in [0.2, 0.25) is 0 Å². The minimum Gasteiger partial charge on any atom is -0.323 e. The molecule has 4 rings (SSSR count). The third-order valence-electron chi connectivity index (χ3n) is 4.82. The summed E-state index contributed by atoms with van der Waals surface area (Å²) < 4.78 is 0. The van der Waals surface area contributed by atoms with Crippen LogP contribution in [-0.2, 0) is 6.54 Å². The van der Waals surface area contributed by atoms with E-state index in [0.29, 0.717) is 5.92 Å². The molecule has 26 heavy (non-hydrogen) atoms. The SMILES string of the molecule is Cc1cccnc1Nc1nccnc1C1CCN(Cc2cscn2)CC1. The summed E-state index contributed by atoms with van der Waals surface area (Å²) in [5.74, 6) is 2.09. The molecular weight excluding hydrogens is 344 g/mol. The van der Waals surface area contributed by atoms with Crippen molar-refractivity contribution in [2.45, 2.75) is 32.2 Å². The lowest BCUT2D eigenvalue weighted by Crippen LogP contribution is -2.33. The zero-order chi connectivity index (χ0) is 17.8. The van der Waals surface area contributed by atoms with Crippen LogP contribution in [0.25, 0.3) is 0 Å². The maximum absolute atomic E-state index is 4.65. The molecule has 1 aliphatic heterocycles. The van der Waals surface area contributed by atoms with Gasteiger partial charge in [-0.2, -0.15) is 0 Å². The van der Waals surface area contributed by atoms with Crippen LogP contribution in [0.5, 0.6) is 0 Å². The number of thiazole rings is 1. The number of anilines is 2. The average Bonchev–Trinajstić information content (AvgIpc) is 3.18. The second-order valence-electron chi connectivity index (χ2n) is 6.61. The molecule has 0 radical (unpaired) electrons. The Kier molecular flexibility index (Phi) is 5.17. The lowest BCUT2D eigenvalue weighted by Gasteiger charge is -2.31. The Morgan fingerprint density at radius 1 is 1.08 bits per heavy atom. The number of hydrogen-bond acceptors (Lipinski definition) is 7. The van der Waals surface area contributed by atoms with Crippen LogP contribution in [0.1, 0.15) is 35.7 Å². The van der Waals surface area contributed by atoms with Gasteiger partial charge in [-0.05, 0) is 44.5 Å². The summed E-state index contributed by atoms with van der Waals surface area (Å²) >= 11 is 1.66. The number of pyridine rings is 1. The first-order valence-electron chi connectivity index (χ1n) is 8.88. The van der Waals surface area contributed by atoms with E-state index in [1.807, 2.05) is 24.6 Å². The molecule has 0 amide bonds. The number of rotatable bonds is 5. The summed E-state index contributed by atoms with van der Waals surface area (Å²) in [6.07, 6.45) is 7.48. The van der Waals surface area contributed by atoms with Crippen molar-refractivity contribution in [1.82, 2.24) is 24.8 Å². The quantitative estimate of drug-likeness (QED) is 0.742. The molecular formula is C19H22N6S. The van der Waals surface area contributed by atoms with Gasteiger partial charge in [0, 0.05) is 36.4 Å². The molecule has 1 fully saturated rings. The maximum atomic E-state index is 4.65. The molecule has 0 atom stereocenters. The number of piperidine rings is 1. The number of aryl methyl sites for hydroxylation is 1. The van der Waals surface area contributed by atoms with E-state index >= 15 is 0 Å². The largest absolute Gasteiger partial charge is 0.323 e. The third kappa shape index (κ3) is 3.89. The highest BCUT2D eigenvalue weighted by molar-refractivity contribution is 7.07. The monoisotopic (exact) mass is 366 g/mol. The number of hydrogen-bond donors (Lipinski definition) is 1. The van der Waals surface area contributed by atoms with Gasteiger partial charge in [0.15, 0.2) is 5.82 Å². The van der Waals surface area contributed by atoms with Gasteiger partial charge in [0.25, 0.3) is 0 Å². The molecule has 0 aliphatic carbocycles. The highest BCUT2D eigenvalue weighted by atomic mass is 32.1. The van der Waals surface area contributed by atoms with E-state index in [-0.39, 0.29) is 0 Å². The molecule has 4 heterocycles. The Bertz CT molecular complexity index is 843. The van der Waals surface area contributed by atoms with Gasteiger partial charge < -0.3 is 5.32 Å². The van der Waals surface area contributed by atoms with Crippen LogP contribution in [-0.4, -0.2) is 37.9 Å². The highest BCUT2D eigenvalue weighted by Crippen LogP contribution is 2.32. The van der Waals surface area contributed by atoms with Crippen LogP contribution in [0.2, 0.25) is 0 Å². The van der Waals surface area contributed by atoms with E-state index in [1.165, 1.54) is 5.69 Å². The van der Waals surface area contributed by atoms with E-state index in [4.69, 9.17) is 0 Å². The minimum absolute atomic E-state index is 0.418. The number of likely N-dealkylation sites (tertiary alicyclic amines) is 1. The number of nitrogens with one attached hydrogen (secondary N) is 1. The lowest BCUT2D eigenvalue weighted by molar-refractivity contribution is 0.201. The molecule has 0 aromatic carbocycles. The molecule has 134 valence electrons. The van der Waals surface area contributed by atoms with Crippen LogP contribution >= 0.6 is 11.3 Å². The Hall–Kier alpha value is -2.38. The molecule has 0 spiro atoms. The summed E-state index contributed by atoms with van der Waals surface area (Å²) in [6.45, 7) is 5.10. The molecule has 0 unspecified atom stereocenters. The van der Waals surface area contributed by atoms with E-state index < -0.39 is 0 Å². The second kappa shape index (κ2) is 7.88. The Balaban J connectivity index is 1.45. The molecule has 1 N–H and O–H groups in total. The summed E-state index contributed by atoms with van der Waals surface area (Å²) in [7, 11) is 0. The molecule has 1 aliphatic rings. The summed E-state index contributed by atoms with van der Waals surface area (Å²) in [6, 6.07) is 3.98. The van der Waals surface area contributed by atoms with Gasteiger partial charge in [0.05, 0.1) is 16.9 Å². The van der Waals surface area contributed by atoms with Crippen LogP contribution in [0, 0.1) is 6.92 Å². The normalized spacial score (nSPS) is 15.9. The molecule has 3 aromatic rings. The van der Waals surface area contributed by atoms with Gasteiger partial charge in [-0.3, -0.25) is 9.88 Å². The van der Waals surface area contributed by atoms with E-state index in [0.717, 1.165) is 55.4 Å². The van der Waals surface area contributed by atoms with Crippen molar-refractivity contribution in [3.8, 4) is 0 Å². The van der Waals surface area contributed by atoms with Crippen molar-refractivity contribution in [1.29, 1.82) is 0 Å². The molecule has 7 heteroatoms. The fraction of sp³-hybridized carbons (Fsp3) is 0.368. The van der Waals surface area contributed by atoms with Crippen LogP contribution < -0.4 is 5.32 Å². The Morgan fingerprint density at radius 2 is 1.88 bits per heavy atom. The standard InChI is InChI=1S/C19H22N6S/c1-14-3-2-6-21-18(14)24-19-17(20-7-8-22-19)15-4-9-25(10-5-15)11-16-12-26-13-23-16/h2-3,6-8,12-13,15H,4-5,9-11H2,1H3,(H,21,22,24). The van der Waals surface area contributed by atoms with Crippen LogP contribution in [0.3, 0.4) is 0 Å². The van der Waals surface area contributed by atoms with Gasteiger partial charge in [0.1, 0.15) is 5.82 Å². The first kappa shape index (κ1) is 17.1. The minimum atomic E-state index is 0.418. The van der Waals surface area contributed by atoms with Gasteiger partial charge in [-0.1, -0.05) is 6.07 Å². The van der Waals surface area contributed by atoms with Crippen molar-refractivity contribution in [3.05, 3.63) is 58.6 Å². The van der Waals surface area contributed by atoms with Gasteiger partial charge >= 0.3 is 0 Å². The fourth-order valence-corrected chi connectivity index (χ4v) is 3.93. The van der Waals surface area contributed by atoms with Crippen molar-refractivity contribution in [2.75, 3.05) is 18.4 Å². The van der Waals surface area contributed by atoms with Crippen molar-refractivity contribution in [2.24, 2.45) is 0 Å². The molecule has 0 bridgehead atoms. The third-order valence-corrected chi connectivity index (χ3v) is 5.45. The predicted octanol–water partition coefficient (Wildman–Crippen LogP) is 3.76. The van der Waals surface area contributed by atoms with Crippen molar-refractivity contribution in [3.63, 3.8) is 0 Å². The van der Waals surface area contributed by atoms with Crippen LogP contribution in [0.15, 0.2) is 41.6 Å². The van der Waals surface area contributed by atoms with Crippen molar-refractivity contribution < 1.29 is 0 Å². The van der Waals surface area contributed by atoms with Gasteiger partial charge in [-0.15, -0.1) is 11.3 Å². The van der Waals surface area contributed by atoms with E-state index in [1.54, 1.807) is 29.9 Å². The maximum Gasteiger partial charge on any atom is 0.153 e. The second-order valence-corrected chi connectivity index (χ2v) is 7.33. The summed E-state index contributed by atoms with van der Waals surface area (Å²) in [5.41, 5.74) is 5.22. The zero-order valence-corrected chi connectivity index (χ0v) is 15.6. The first-order valence-corrected chi connectivity index (χ1v) is 9.83. The van der Waals surface area contributed by atoms with Crippen LogP contribution in [0.4, 0.5) is 11.6 Å². The summed E-state index contributed by atoms with van der Waals surface area (Å²) in [5, 5.41) is 5.51. The smallest absolute Gasteiger partial charge is 0.153 e. The first-order chi connectivity index (χ1) is 12.8. The van der Waals surface area contributed by atoms with E-state index in [9.17, 15) is 0 Å². The average molecular weight is 366 g/mol. The summed E-state index contributed by atoms with van der Waals surface area (Å²) in [4.78, 5) is 20.5. The number of aromatic nitrogens is 4. The molecule has 0 saturated carbocycles. The Morgan fingerprint density at radius 3 is 2.65 bits per heavy atom. The fourth-order valence-electron chi connectivity index (χ4n) is 3.38. The number of nitrogens with zero attached hydrogens (tertiary/aromatic N) is 5. The molecule has 1 saturated heterocycles. The zero-order valence-electron chi connectivity index (χ0n) is 14.8. The highest BCUT2D eigenvalue weighted by Gasteiger charge is 2.24. The van der Waals surface area contributed by atoms with E-state index in [2.05, 4.69) is 35.5 Å². The van der Waals surface area contributed by atoms with Crippen molar-refractivity contribution >= 4 is 23.0 Å². The lowest BCUT2D eigenvalue weighted by atomic mass is 9.93. The molecule has 3 aromatic heterocycles.